The van der Waals surface area contributed by atoms with Gasteiger partial charge in [0.25, 0.3) is 0 Å². The van der Waals surface area contributed by atoms with E-state index in [-0.39, 0.29) is 0 Å². The second-order valence-corrected chi connectivity index (χ2v) is 3.81. The van der Waals surface area contributed by atoms with Gasteiger partial charge in [0.1, 0.15) is 0 Å². The molecule has 0 unspecified atom stereocenters. The van der Waals surface area contributed by atoms with E-state index in [0.717, 1.165) is 29.4 Å². The van der Waals surface area contributed by atoms with E-state index in [1.165, 1.54) is 0 Å². The predicted octanol–water partition coefficient (Wildman–Crippen LogP) is 1.52. The Labute approximate surface area is 95.1 Å². The van der Waals surface area contributed by atoms with E-state index in [0.29, 0.717) is 0 Å². The summed E-state index contributed by atoms with van der Waals surface area (Å²) in [5.74, 6) is 0.847. The zero-order valence-corrected chi connectivity index (χ0v) is 10.2. The summed E-state index contributed by atoms with van der Waals surface area (Å²) >= 11 is 0. The molecule has 86 valence electrons. The first-order chi connectivity index (χ1) is 7.65. The normalized spacial score (nSPS) is 10.8. The number of hydrogen-bond donors (Lipinski definition) is 1. The summed E-state index contributed by atoms with van der Waals surface area (Å²) in [6.45, 7) is 4.09. The summed E-state index contributed by atoms with van der Waals surface area (Å²) in [6.07, 6.45) is 4.94. The molecule has 2 heterocycles. The third kappa shape index (κ3) is 1.68. The van der Waals surface area contributed by atoms with Crippen LogP contribution in [-0.2, 0) is 13.5 Å². The van der Waals surface area contributed by atoms with E-state index >= 15 is 0 Å². The van der Waals surface area contributed by atoms with Crippen molar-refractivity contribution >= 4 is 5.95 Å². The first-order valence-corrected chi connectivity index (χ1v) is 5.42. The maximum atomic E-state index is 4.43. The van der Waals surface area contributed by atoms with Crippen molar-refractivity contribution in [3.63, 3.8) is 0 Å². The van der Waals surface area contributed by atoms with Crippen molar-refractivity contribution in [2.24, 2.45) is 7.05 Å². The molecular weight excluding hydrogens is 202 g/mol. The van der Waals surface area contributed by atoms with Crippen molar-refractivity contribution in [3.05, 3.63) is 23.8 Å². The molecule has 5 nitrogen and oxygen atoms in total. The third-order valence-electron chi connectivity index (χ3n) is 2.53. The van der Waals surface area contributed by atoms with Crippen LogP contribution in [0.15, 0.2) is 12.4 Å². The quantitative estimate of drug-likeness (QED) is 0.851. The average molecular weight is 219 g/mol. The van der Waals surface area contributed by atoms with E-state index in [1.807, 2.05) is 42.7 Å². The second kappa shape index (κ2) is 4.00. The molecule has 0 aliphatic rings. The summed E-state index contributed by atoms with van der Waals surface area (Å²) in [7, 11) is 3.81. The summed E-state index contributed by atoms with van der Waals surface area (Å²) in [6, 6.07) is 0. The second-order valence-electron chi connectivity index (χ2n) is 3.81. The zero-order valence-electron chi connectivity index (χ0n) is 10.2. The Balaban J connectivity index is 2.56. The lowest BCUT2D eigenvalue weighted by Gasteiger charge is -2.05. The Bertz CT molecular complexity index is 448. The molecule has 0 bridgehead atoms. The van der Waals surface area contributed by atoms with Gasteiger partial charge in [-0.05, 0) is 13.3 Å². The highest BCUT2D eigenvalue weighted by Crippen LogP contribution is 2.19. The minimum Gasteiger partial charge on any atom is -0.358 e. The fraction of sp³-hybridized carbons (Fsp3) is 0.455. The molecule has 0 atom stereocenters. The van der Waals surface area contributed by atoms with Crippen LogP contribution in [0.1, 0.15) is 18.3 Å². The lowest BCUT2D eigenvalue weighted by Crippen LogP contribution is -2.01. The molecule has 0 spiro atoms. The monoisotopic (exact) mass is 219 g/mol. The lowest BCUT2D eigenvalue weighted by molar-refractivity contribution is 0.746. The van der Waals surface area contributed by atoms with Crippen LogP contribution in [0.3, 0.4) is 0 Å². The molecule has 2 aromatic rings. The van der Waals surface area contributed by atoms with Gasteiger partial charge in [0, 0.05) is 26.5 Å². The smallest absolute Gasteiger partial charge is 0.207 e. The molecule has 0 amide bonds. The molecule has 2 rings (SSSR count). The number of nitrogens with zero attached hydrogens (tertiary/aromatic N) is 4. The number of aromatic nitrogens is 4. The molecule has 0 radical (unpaired) electrons. The molecule has 0 saturated carbocycles. The Kier molecular flexibility index (Phi) is 2.68. The van der Waals surface area contributed by atoms with E-state index in [4.69, 9.17) is 0 Å². The number of anilines is 1. The van der Waals surface area contributed by atoms with Crippen molar-refractivity contribution in [2.45, 2.75) is 20.3 Å². The molecular formula is C11H17N5. The van der Waals surface area contributed by atoms with Gasteiger partial charge in [0.05, 0.1) is 17.1 Å². The lowest BCUT2D eigenvalue weighted by atomic mass is 10.3. The molecule has 2 aromatic heterocycles. The van der Waals surface area contributed by atoms with Gasteiger partial charge in [-0.1, -0.05) is 6.92 Å². The van der Waals surface area contributed by atoms with Crippen LogP contribution >= 0.6 is 0 Å². The SMILES string of the molecule is CCc1nn(C)cc1-n1cc(C)nc1NC. The highest BCUT2D eigenvalue weighted by Gasteiger charge is 2.12. The van der Waals surface area contributed by atoms with E-state index in [2.05, 4.69) is 22.3 Å². The summed E-state index contributed by atoms with van der Waals surface area (Å²) < 4.78 is 3.88. The van der Waals surface area contributed by atoms with Crippen LogP contribution in [0, 0.1) is 6.92 Å². The van der Waals surface area contributed by atoms with Gasteiger partial charge in [-0.25, -0.2) is 4.98 Å². The maximum Gasteiger partial charge on any atom is 0.207 e. The third-order valence-corrected chi connectivity index (χ3v) is 2.53. The molecule has 5 heteroatoms. The topological polar surface area (TPSA) is 47.7 Å². The minimum absolute atomic E-state index is 0.847. The largest absolute Gasteiger partial charge is 0.358 e. The Morgan fingerprint density at radius 1 is 1.38 bits per heavy atom. The van der Waals surface area contributed by atoms with E-state index in [1.54, 1.807) is 0 Å². The zero-order chi connectivity index (χ0) is 11.7. The highest BCUT2D eigenvalue weighted by molar-refractivity contribution is 5.44. The van der Waals surface area contributed by atoms with E-state index in [9.17, 15) is 0 Å². The molecule has 0 aliphatic heterocycles. The van der Waals surface area contributed by atoms with Gasteiger partial charge < -0.3 is 5.32 Å². The number of nitrogens with one attached hydrogen (secondary N) is 1. The van der Waals surface area contributed by atoms with Gasteiger partial charge in [-0.2, -0.15) is 5.10 Å². The summed E-state index contributed by atoms with van der Waals surface area (Å²) in [5.41, 5.74) is 3.17. The van der Waals surface area contributed by atoms with Crippen molar-refractivity contribution in [3.8, 4) is 5.69 Å². The fourth-order valence-corrected chi connectivity index (χ4v) is 1.83. The Hall–Kier alpha value is -1.78. The minimum atomic E-state index is 0.847. The summed E-state index contributed by atoms with van der Waals surface area (Å²) in [5, 5.41) is 7.52. The van der Waals surface area contributed by atoms with Crippen LogP contribution in [0.5, 0.6) is 0 Å². The highest BCUT2D eigenvalue weighted by atomic mass is 15.3. The van der Waals surface area contributed by atoms with Crippen LogP contribution in [-0.4, -0.2) is 26.4 Å². The number of imidazole rings is 1. The Morgan fingerprint density at radius 2 is 2.12 bits per heavy atom. The molecule has 1 N–H and O–H groups in total. The van der Waals surface area contributed by atoms with Crippen LogP contribution in [0.25, 0.3) is 5.69 Å². The van der Waals surface area contributed by atoms with E-state index < -0.39 is 0 Å². The summed E-state index contributed by atoms with van der Waals surface area (Å²) in [4.78, 5) is 4.40. The van der Waals surface area contributed by atoms with Gasteiger partial charge >= 0.3 is 0 Å². The maximum absolute atomic E-state index is 4.43. The van der Waals surface area contributed by atoms with Crippen LogP contribution in [0.2, 0.25) is 0 Å². The first-order valence-electron chi connectivity index (χ1n) is 5.42. The number of aryl methyl sites for hydroxylation is 3. The number of hydrogen-bond acceptors (Lipinski definition) is 3. The van der Waals surface area contributed by atoms with Gasteiger partial charge in [-0.15, -0.1) is 0 Å². The molecule has 0 aromatic carbocycles. The number of rotatable bonds is 3. The van der Waals surface area contributed by atoms with Crippen LogP contribution < -0.4 is 5.32 Å². The predicted molar refractivity (Wildman–Crippen MR) is 64.0 cm³/mol. The van der Waals surface area contributed by atoms with Crippen molar-refractivity contribution in [1.82, 2.24) is 19.3 Å². The van der Waals surface area contributed by atoms with Gasteiger partial charge in [0.15, 0.2) is 0 Å². The van der Waals surface area contributed by atoms with Crippen molar-refractivity contribution < 1.29 is 0 Å². The first kappa shape index (κ1) is 10.7. The van der Waals surface area contributed by atoms with Crippen LogP contribution in [0.4, 0.5) is 5.95 Å². The standard InChI is InChI=1S/C11H17N5/c1-5-9-10(7-15(4)14-9)16-6-8(2)13-11(16)12-3/h6-7H,5H2,1-4H3,(H,12,13). The molecule has 0 aliphatic carbocycles. The Morgan fingerprint density at radius 3 is 2.75 bits per heavy atom. The van der Waals surface area contributed by atoms with Crippen molar-refractivity contribution in [2.75, 3.05) is 12.4 Å². The average Bonchev–Trinajstić information content (AvgIpc) is 2.80. The molecule has 0 fully saturated rings. The molecule has 0 saturated heterocycles. The fourth-order valence-electron chi connectivity index (χ4n) is 1.83. The van der Waals surface area contributed by atoms with Gasteiger partial charge in [-0.3, -0.25) is 9.25 Å². The molecule has 16 heavy (non-hydrogen) atoms. The van der Waals surface area contributed by atoms with Gasteiger partial charge in [0.2, 0.25) is 5.95 Å². The van der Waals surface area contributed by atoms with Crippen molar-refractivity contribution in [1.29, 1.82) is 0 Å².